The topological polar surface area (TPSA) is 48.4 Å². The molecule has 0 N–H and O–H groups in total. The molecule has 2 aliphatic rings. The van der Waals surface area contributed by atoms with Crippen LogP contribution in [0.4, 0.5) is 22.0 Å². The van der Waals surface area contributed by atoms with Crippen LogP contribution < -0.4 is 14.7 Å². The Morgan fingerprint density at radius 3 is 2.51 bits per heavy atom. The van der Waals surface area contributed by atoms with Crippen LogP contribution in [0.15, 0.2) is 42.6 Å². The lowest BCUT2D eigenvalue weighted by Gasteiger charge is -2.42. The van der Waals surface area contributed by atoms with Gasteiger partial charge in [0.15, 0.2) is 0 Å². The Hall–Kier alpha value is -2.64. The second-order valence-corrected chi connectivity index (χ2v) is 10.2. The summed E-state index contributed by atoms with van der Waals surface area (Å²) in [4.78, 5) is 21.3. The van der Waals surface area contributed by atoms with E-state index < -0.39 is 5.82 Å². The van der Waals surface area contributed by atoms with E-state index in [9.17, 15) is 4.39 Å². The van der Waals surface area contributed by atoms with Gasteiger partial charge in [0.05, 0.1) is 15.7 Å². The van der Waals surface area contributed by atoms with E-state index in [4.69, 9.17) is 33.2 Å². The molecule has 0 saturated carbocycles. The highest BCUT2D eigenvalue weighted by molar-refractivity contribution is 6.33. The first kappa shape index (κ1) is 24.1. The minimum atomic E-state index is -0.438. The number of benzene rings is 1. The Balaban J connectivity index is 1.49. The summed E-state index contributed by atoms with van der Waals surface area (Å²) in [5.74, 6) is 1.95. The van der Waals surface area contributed by atoms with Crippen LogP contribution in [0.2, 0.25) is 10.0 Å². The number of piperazine rings is 1. The number of halogens is 3. The normalized spacial score (nSPS) is 20.9. The first-order valence-electron chi connectivity index (χ1n) is 12.1. The van der Waals surface area contributed by atoms with Crippen LogP contribution in [0, 0.1) is 5.82 Å². The molecule has 2 saturated heterocycles. The zero-order chi connectivity index (χ0) is 24.5. The minimum Gasteiger partial charge on any atom is -0.352 e. The van der Waals surface area contributed by atoms with Gasteiger partial charge < -0.3 is 14.7 Å². The first-order chi connectivity index (χ1) is 16.9. The van der Waals surface area contributed by atoms with Gasteiger partial charge in [-0.25, -0.2) is 14.4 Å². The molecule has 184 valence electrons. The Bertz CT molecular complexity index is 1210. The van der Waals surface area contributed by atoms with Gasteiger partial charge in [0.2, 0.25) is 5.95 Å². The largest absolute Gasteiger partial charge is 0.352 e. The molecule has 1 aromatic carbocycles. The van der Waals surface area contributed by atoms with Gasteiger partial charge in [-0.15, -0.1) is 0 Å². The lowest BCUT2D eigenvalue weighted by molar-refractivity contribution is 0.476. The standard InChI is InChI=1S/C26H29Cl2FN6/c1-17-6-3-4-11-35(17)26-31-23(19-8-9-22(29)21(28)14-19)15-24(32-26)34-13-12-33(16-18(34)2)25-20(27)7-5-10-30-25/h5,7-10,14-15,17-18H,3-4,6,11-13,16H2,1-2H3/t17?,18-/m1/s1. The van der Waals surface area contributed by atoms with Crippen molar-refractivity contribution in [2.75, 3.05) is 40.9 Å². The second kappa shape index (κ2) is 10.2. The van der Waals surface area contributed by atoms with Gasteiger partial charge in [-0.2, -0.15) is 4.98 Å². The fourth-order valence-corrected chi connectivity index (χ4v) is 5.42. The van der Waals surface area contributed by atoms with Crippen LogP contribution in [-0.2, 0) is 0 Å². The molecule has 0 bridgehead atoms. The zero-order valence-corrected chi connectivity index (χ0v) is 21.5. The maximum atomic E-state index is 13.9. The molecule has 0 spiro atoms. The van der Waals surface area contributed by atoms with Crippen molar-refractivity contribution in [2.24, 2.45) is 0 Å². The van der Waals surface area contributed by atoms with Crippen molar-refractivity contribution in [3.63, 3.8) is 0 Å². The summed E-state index contributed by atoms with van der Waals surface area (Å²) < 4.78 is 13.9. The molecular weight excluding hydrogens is 486 g/mol. The van der Waals surface area contributed by atoms with Crippen molar-refractivity contribution in [3.05, 3.63) is 58.5 Å². The van der Waals surface area contributed by atoms with E-state index in [1.165, 1.54) is 12.5 Å². The van der Waals surface area contributed by atoms with Crippen LogP contribution in [0.3, 0.4) is 0 Å². The maximum absolute atomic E-state index is 13.9. The zero-order valence-electron chi connectivity index (χ0n) is 20.0. The van der Waals surface area contributed by atoms with Gasteiger partial charge in [0.1, 0.15) is 17.5 Å². The fourth-order valence-electron chi connectivity index (χ4n) is 5.00. The van der Waals surface area contributed by atoms with E-state index in [1.54, 1.807) is 18.3 Å². The highest BCUT2D eigenvalue weighted by atomic mass is 35.5. The van der Waals surface area contributed by atoms with Gasteiger partial charge in [-0.1, -0.05) is 23.2 Å². The van der Waals surface area contributed by atoms with E-state index in [1.807, 2.05) is 18.2 Å². The molecule has 35 heavy (non-hydrogen) atoms. The SMILES string of the molecule is CC1CCCCN1c1nc(-c2ccc(F)c(Cl)c2)cc(N2CCN(c3ncccc3Cl)C[C@H]2C)n1. The quantitative estimate of drug-likeness (QED) is 0.420. The maximum Gasteiger partial charge on any atom is 0.228 e. The molecule has 2 atom stereocenters. The third-order valence-corrected chi connectivity index (χ3v) is 7.52. The van der Waals surface area contributed by atoms with Gasteiger partial charge in [0, 0.05) is 56.1 Å². The Morgan fingerprint density at radius 2 is 1.77 bits per heavy atom. The summed E-state index contributed by atoms with van der Waals surface area (Å²) >= 11 is 12.5. The molecule has 5 rings (SSSR count). The number of rotatable bonds is 4. The van der Waals surface area contributed by atoms with Gasteiger partial charge in [0.25, 0.3) is 0 Å². The summed E-state index contributed by atoms with van der Waals surface area (Å²) in [6, 6.07) is 11.0. The van der Waals surface area contributed by atoms with Gasteiger partial charge in [-0.05, 0) is 63.4 Å². The lowest BCUT2D eigenvalue weighted by Crippen LogP contribution is -2.53. The van der Waals surface area contributed by atoms with Crippen molar-refractivity contribution < 1.29 is 4.39 Å². The average molecular weight is 515 g/mol. The number of nitrogens with zero attached hydrogens (tertiary/aromatic N) is 6. The number of piperidine rings is 1. The highest BCUT2D eigenvalue weighted by Gasteiger charge is 2.29. The van der Waals surface area contributed by atoms with E-state index in [0.717, 1.165) is 61.9 Å². The van der Waals surface area contributed by atoms with E-state index in [-0.39, 0.29) is 11.1 Å². The Kier molecular flexibility index (Phi) is 6.98. The molecule has 9 heteroatoms. The second-order valence-electron chi connectivity index (χ2n) is 9.38. The molecular formula is C26H29Cl2FN6. The summed E-state index contributed by atoms with van der Waals surface area (Å²) in [5.41, 5.74) is 1.52. The van der Waals surface area contributed by atoms with Crippen LogP contribution >= 0.6 is 23.2 Å². The number of aromatic nitrogens is 3. The van der Waals surface area contributed by atoms with Crippen LogP contribution in [-0.4, -0.2) is 53.2 Å². The van der Waals surface area contributed by atoms with Crippen LogP contribution in [0.1, 0.15) is 33.1 Å². The van der Waals surface area contributed by atoms with Gasteiger partial charge >= 0.3 is 0 Å². The first-order valence-corrected chi connectivity index (χ1v) is 12.9. The summed E-state index contributed by atoms with van der Waals surface area (Å²) in [5, 5.41) is 0.747. The molecule has 0 radical (unpaired) electrons. The molecule has 3 aromatic rings. The molecule has 2 fully saturated rings. The van der Waals surface area contributed by atoms with Crippen molar-refractivity contribution >= 4 is 40.8 Å². The van der Waals surface area contributed by atoms with Crippen molar-refractivity contribution in [2.45, 2.75) is 45.2 Å². The van der Waals surface area contributed by atoms with Crippen molar-refractivity contribution in [1.82, 2.24) is 15.0 Å². The fraction of sp³-hybridized carbons (Fsp3) is 0.423. The van der Waals surface area contributed by atoms with E-state index >= 15 is 0 Å². The van der Waals surface area contributed by atoms with Gasteiger partial charge in [-0.3, -0.25) is 0 Å². The number of hydrogen-bond donors (Lipinski definition) is 0. The van der Waals surface area contributed by atoms with E-state index in [0.29, 0.717) is 17.0 Å². The summed E-state index contributed by atoms with van der Waals surface area (Å²) in [6.45, 7) is 7.65. The predicted octanol–water partition coefficient (Wildman–Crippen LogP) is 6.08. The van der Waals surface area contributed by atoms with Crippen molar-refractivity contribution in [3.8, 4) is 11.3 Å². The Labute approximate surface area is 215 Å². The third kappa shape index (κ3) is 5.02. The lowest BCUT2D eigenvalue weighted by atomic mass is 10.0. The summed E-state index contributed by atoms with van der Waals surface area (Å²) in [6.07, 6.45) is 5.22. The Morgan fingerprint density at radius 1 is 0.914 bits per heavy atom. The number of hydrogen-bond acceptors (Lipinski definition) is 6. The molecule has 1 unspecified atom stereocenters. The number of anilines is 3. The molecule has 2 aromatic heterocycles. The molecule has 4 heterocycles. The highest BCUT2D eigenvalue weighted by Crippen LogP contribution is 2.32. The average Bonchev–Trinajstić information content (AvgIpc) is 2.86. The summed E-state index contributed by atoms with van der Waals surface area (Å²) in [7, 11) is 0. The number of pyridine rings is 1. The minimum absolute atomic E-state index is 0.0878. The van der Waals surface area contributed by atoms with Crippen LogP contribution in [0.5, 0.6) is 0 Å². The molecule has 0 aliphatic carbocycles. The van der Waals surface area contributed by atoms with Crippen molar-refractivity contribution in [1.29, 1.82) is 0 Å². The molecule has 0 amide bonds. The molecule has 2 aliphatic heterocycles. The third-order valence-electron chi connectivity index (χ3n) is 6.94. The monoisotopic (exact) mass is 514 g/mol. The predicted molar refractivity (Wildman–Crippen MR) is 141 cm³/mol. The van der Waals surface area contributed by atoms with Crippen LogP contribution in [0.25, 0.3) is 11.3 Å². The van der Waals surface area contributed by atoms with E-state index in [2.05, 4.69) is 33.5 Å². The molecule has 6 nitrogen and oxygen atoms in total. The smallest absolute Gasteiger partial charge is 0.228 e.